The lowest BCUT2D eigenvalue weighted by atomic mass is 10.3. The molecule has 6 nitrogen and oxygen atoms in total. The van der Waals surface area contributed by atoms with Crippen LogP contribution in [0.1, 0.15) is 68.2 Å². The number of likely N-dealkylation sites (N-methyl/N-ethyl adjacent to an activating group) is 1. The fraction of sp³-hybridized carbons (Fsp3) is 0.750. The van der Waals surface area contributed by atoms with Crippen molar-refractivity contribution in [1.82, 2.24) is 19.6 Å². The maximum absolute atomic E-state index is 4.95. The number of nitrogens with zero attached hydrogens (tertiary/aromatic N) is 6. The summed E-state index contributed by atoms with van der Waals surface area (Å²) in [6, 6.07) is 6.03. The summed E-state index contributed by atoms with van der Waals surface area (Å²) in [5.74, 6) is 7.82. The Morgan fingerprint density at radius 3 is 1.77 bits per heavy atom. The van der Waals surface area contributed by atoms with Gasteiger partial charge in [-0.3, -0.25) is 9.89 Å². The first-order valence-electron chi connectivity index (χ1n) is 11.6. The number of rotatable bonds is 11. The van der Waals surface area contributed by atoms with Gasteiger partial charge >= 0.3 is 0 Å². The average Bonchev–Trinajstić information content (AvgIpc) is 2.76. The third-order valence-electron chi connectivity index (χ3n) is 4.68. The first-order chi connectivity index (χ1) is 14.6. The molecule has 0 saturated carbocycles. The van der Waals surface area contributed by atoms with E-state index < -0.39 is 0 Å². The summed E-state index contributed by atoms with van der Waals surface area (Å²) < 4.78 is 0. The van der Waals surface area contributed by atoms with Gasteiger partial charge in [0.05, 0.1) is 0 Å². The molecule has 0 amide bonds. The highest BCUT2D eigenvalue weighted by molar-refractivity contribution is 5.83. The molecule has 0 heterocycles. The molecule has 6 heteroatoms. The van der Waals surface area contributed by atoms with Crippen molar-refractivity contribution in [3.63, 3.8) is 0 Å². The van der Waals surface area contributed by atoms with Gasteiger partial charge in [0.2, 0.25) is 5.96 Å². The zero-order valence-corrected chi connectivity index (χ0v) is 20.8. The van der Waals surface area contributed by atoms with E-state index in [0.29, 0.717) is 0 Å². The van der Waals surface area contributed by atoms with Crippen LogP contribution in [0.2, 0.25) is 0 Å². The second kappa shape index (κ2) is 17.5. The van der Waals surface area contributed by atoms with E-state index in [1.807, 2.05) is 18.7 Å². The molecule has 0 unspecified atom stereocenters. The third-order valence-corrected chi connectivity index (χ3v) is 4.68. The van der Waals surface area contributed by atoms with Crippen molar-refractivity contribution in [3.05, 3.63) is 0 Å². The van der Waals surface area contributed by atoms with Gasteiger partial charge in [0.1, 0.15) is 0 Å². The van der Waals surface area contributed by atoms with Crippen LogP contribution in [-0.4, -0.2) is 83.9 Å². The van der Waals surface area contributed by atoms with Gasteiger partial charge < -0.3 is 14.7 Å². The molecule has 0 aliphatic heterocycles. The molecule has 0 aromatic carbocycles. The average molecular weight is 417 g/mol. The van der Waals surface area contributed by atoms with Crippen LogP contribution in [0.3, 0.4) is 0 Å². The van der Waals surface area contributed by atoms with E-state index in [0.717, 1.165) is 77.1 Å². The van der Waals surface area contributed by atoms with Crippen molar-refractivity contribution in [2.45, 2.75) is 68.2 Å². The maximum Gasteiger partial charge on any atom is 0.222 e. The van der Waals surface area contributed by atoms with Crippen LogP contribution in [0.5, 0.6) is 0 Å². The number of hydrogen-bond acceptors (Lipinski definition) is 2. The first kappa shape index (κ1) is 27.7. The Labute approximate surface area is 186 Å². The molecule has 0 atom stereocenters. The zero-order valence-electron chi connectivity index (χ0n) is 20.8. The Hall–Kier alpha value is -2.34. The molecule has 0 radical (unpaired) electrons. The van der Waals surface area contributed by atoms with Crippen LogP contribution in [0.4, 0.5) is 0 Å². The smallest absolute Gasteiger partial charge is 0.222 e. The summed E-state index contributed by atoms with van der Waals surface area (Å²) in [5.41, 5.74) is 0. The minimum atomic E-state index is 0.767. The molecule has 170 valence electrons. The predicted molar refractivity (Wildman–Crippen MR) is 131 cm³/mol. The van der Waals surface area contributed by atoms with Gasteiger partial charge in [-0.1, -0.05) is 25.7 Å². The second-order valence-corrected chi connectivity index (χ2v) is 6.80. The lowest BCUT2D eigenvalue weighted by Crippen LogP contribution is -2.50. The Bertz CT molecular complexity index is 628. The fourth-order valence-corrected chi connectivity index (χ4v) is 3.15. The Morgan fingerprint density at radius 1 is 0.667 bits per heavy atom. The third kappa shape index (κ3) is 9.44. The molecular weight excluding hydrogens is 372 g/mol. The molecule has 0 fully saturated rings. The van der Waals surface area contributed by atoms with Crippen LogP contribution in [0.15, 0.2) is 9.98 Å². The fourth-order valence-electron chi connectivity index (χ4n) is 3.15. The topological polar surface area (TPSA) is 37.7 Å². The number of aliphatic imine (C=N–C) groups is 2. The quantitative estimate of drug-likeness (QED) is 0.222. The van der Waals surface area contributed by atoms with Gasteiger partial charge in [0.25, 0.3) is 0 Å². The first-order valence-corrected chi connectivity index (χ1v) is 11.6. The summed E-state index contributed by atoms with van der Waals surface area (Å²) >= 11 is 0. The summed E-state index contributed by atoms with van der Waals surface area (Å²) in [5, 5.41) is 0. The lowest BCUT2D eigenvalue weighted by molar-refractivity contribution is 0.290. The molecule has 0 bridgehead atoms. The van der Waals surface area contributed by atoms with Gasteiger partial charge in [-0.05, 0) is 54.4 Å². The van der Waals surface area contributed by atoms with E-state index in [4.69, 9.17) is 4.99 Å². The van der Waals surface area contributed by atoms with Crippen LogP contribution >= 0.6 is 0 Å². The molecule has 0 aliphatic rings. The van der Waals surface area contributed by atoms with E-state index in [2.05, 4.69) is 85.2 Å². The van der Waals surface area contributed by atoms with Crippen molar-refractivity contribution >= 4 is 11.9 Å². The number of guanidine groups is 2. The minimum absolute atomic E-state index is 0.767. The predicted octanol–water partition coefficient (Wildman–Crippen LogP) is 3.77. The minimum Gasteiger partial charge on any atom is -0.343 e. The van der Waals surface area contributed by atoms with Gasteiger partial charge in [-0.2, -0.15) is 4.99 Å². The molecular formula is C24H44N6. The highest BCUT2D eigenvalue weighted by atomic mass is 15.4. The molecule has 0 aromatic heterocycles. The van der Waals surface area contributed by atoms with Crippen molar-refractivity contribution in [3.8, 4) is 23.9 Å². The summed E-state index contributed by atoms with van der Waals surface area (Å²) in [4.78, 5) is 18.5. The van der Waals surface area contributed by atoms with E-state index in [1.54, 1.807) is 0 Å². The molecule has 30 heavy (non-hydrogen) atoms. The van der Waals surface area contributed by atoms with E-state index >= 15 is 0 Å². The Kier molecular flexibility index (Phi) is 16.1. The highest BCUT2D eigenvalue weighted by Crippen LogP contribution is 2.06. The molecule has 0 saturated heterocycles. The maximum atomic E-state index is 4.95. The van der Waals surface area contributed by atoms with Crippen LogP contribution < -0.4 is 0 Å². The zero-order chi connectivity index (χ0) is 22.8. The largest absolute Gasteiger partial charge is 0.343 e. The molecule has 0 N–H and O–H groups in total. The van der Waals surface area contributed by atoms with Crippen molar-refractivity contribution in [2.75, 3.05) is 52.4 Å². The van der Waals surface area contributed by atoms with Crippen molar-refractivity contribution in [1.29, 1.82) is 0 Å². The van der Waals surface area contributed by atoms with E-state index in [1.165, 1.54) is 0 Å². The summed E-state index contributed by atoms with van der Waals surface area (Å²) in [6.45, 7) is 23.8. The van der Waals surface area contributed by atoms with Gasteiger partial charge in [0.15, 0.2) is 5.96 Å². The molecule has 0 aromatic rings. The Morgan fingerprint density at radius 2 is 1.30 bits per heavy atom. The van der Waals surface area contributed by atoms with Gasteiger partial charge in [-0.15, -0.1) is 0 Å². The normalized spacial score (nSPS) is 11.2. The number of hydrogen-bond donors (Lipinski definition) is 0. The summed E-state index contributed by atoms with van der Waals surface area (Å²) in [6.07, 6.45) is 2.14. The van der Waals surface area contributed by atoms with Gasteiger partial charge in [-0.25, -0.2) is 0 Å². The lowest BCUT2D eigenvalue weighted by Gasteiger charge is -2.36. The van der Waals surface area contributed by atoms with Crippen LogP contribution in [0, 0.1) is 23.9 Å². The van der Waals surface area contributed by atoms with Crippen molar-refractivity contribution in [2.24, 2.45) is 9.98 Å². The Balaban J connectivity index is 5.76. The molecule has 0 aliphatic carbocycles. The van der Waals surface area contributed by atoms with Crippen LogP contribution in [-0.2, 0) is 0 Å². The molecule has 0 spiro atoms. The SMILES string of the molecule is CC#CN=C(N(C#CC)CC)N(CC)CCN(CCC)C(=NCCC)N(CC)CC. The highest BCUT2D eigenvalue weighted by Gasteiger charge is 2.20. The standard InChI is InChI=1S/C24H44N6/c1-9-17-25-23(27(13-5)14-6)30(20-12-4)22-21-29(16-8)24(26-18-10-2)28(15-7)19-11-3/h9,12-17,20-22H2,1-8H3. The van der Waals surface area contributed by atoms with Crippen LogP contribution in [0.25, 0.3) is 0 Å². The van der Waals surface area contributed by atoms with Crippen molar-refractivity contribution < 1.29 is 0 Å². The summed E-state index contributed by atoms with van der Waals surface area (Å²) in [7, 11) is 0. The monoisotopic (exact) mass is 416 g/mol. The molecule has 0 rings (SSSR count). The van der Waals surface area contributed by atoms with E-state index in [-0.39, 0.29) is 0 Å². The van der Waals surface area contributed by atoms with Gasteiger partial charge in [0, 0.05) is 64.4 Å². The van der Waals surface area contributed by atoms with E-state index in [9.17, 15) is 0 Å². The second-order valence-electron chi connectivity index (χ2n) is 6.80.